The van der Waals surface area contributed by atoms with Gasteiger partial charge < -0.3 is 9.84 Å². The quantitative estimate of drug-likeness (QED) is 0.594. The fraction of sp³-hybridized carbons (Fsp3) is 0.583. The molecule has 160 valence electrons. The van der Waals surface area contributed by atoms with E-state index in [1.54, 1.807) is 18.2 Å². The lowest BCUT2D eigenvalue weighted by Crippen LogP contribution is -2.31. The molecule has 0 aromatic heterocycles. The molecule has 1 atom stereocenters. The van der Waals surface area contributed by atoms with Crippen LogP contribution in [0, 0.1) is 11.3 Å². The highest BCUT2D eigenvalue weighted by Gasteiger charge is 2.38. The van der Waals surface area contributed by atoms with Crippen LogP contribution in [-0.4, -0.2) is 17.8 Å². The van der Waals surface area contributed by atoms with E-state index in [2.05, 4.69) is 20.8 Å². The summed E-state index contributed by atoms with van der Waals surface area (Å²) in [6.45, 7) is 8.45. The van der Waals surface area contributed by atoms with E-state index in [9.17, 15) is 18.3 Å². The Labute approximate surface area is 171 Å². The summed E-state index contributed by atoms with van der Waals surface area (Å²) >= 11 is 0. The van der Waals surface area contributed by atoms with Crippen molar-refractivity contribution in [2.75, 3.05) is 6.61 Å². The fourth-order valence-electron chi connectivity index (χ4n) is 4.36. The highest BCUT2D eigenvalue weighted by atomic mass is 19.4. The lowest BCUT2D eigenvalue weighted by Gasteiger charge is -2.37. The number of fused-ring (bicyclic) bond motifs is 1. The van der Waals surface area contributed by atoms with Gasteiger partial charge in [-0.25, -0.2) is 0 Å². The zero-order valence-electron chi connectivity index (χ0n) is 17.6. The van der Waals surface area contributed by atoms with Crippen LogP contribution in [0.3, 0.4) is 0 Å². The summed E-state index contributed by atoms with van der Waals surface area (Å²) in [6, 6.07) is 8.03. The molecule has 0 radical (unpaired) electrons. The lowest BCUT2D eigenvalue weighted by molar-refractivity contribution is -0.138. The van der Waals surface area contributed by atoms with Gasteiger partial charge in [0, 0.05) is 12.5 Å². The largest absolute Gasteiger partial charge is 0.490 e. The summed E-state index contributed by atoms with van der Waals surface area (Å²) < 4.78 is 47.8. The fourth-order valence-corrected chi connectivity index (χ4v) is 4.36. The number of aliphatic hydroxyl groups excluding tert-OH is 1. The van der Waals surface area contributed by atoms with Gasteiger partial charge in [-0.15, -0.1) is 0 Å². The molecule has 0 saturated heterocycles. The van der Waals surface area contributed by atoms with Crippen molar-refractivity contribution in [2.45, 2.75) is 71.6 Å². The molecule has 2 aromatic rings. The van der Waals surface area contributed by atoms with Crippen molar-refractivity contribution in [3.05, 3.63) is 41.5 Å². The first-order chi connectivity index (χ1) is 13.5. The molecule has 0 spiro atoms. The van der Waals surface area contributed by atoms with Crippen LogP contribution in [0.4, 0.5) is 13.2 Å². The molecule has 1 unspecified atom stereocenters. The topological polar surface area (TPSA) is 29.5 Å². The van der Waals surface area contributed by atoms with Crippen molar-refractivity contribution >= 4 is 10.8 Å². The summed E-state index contributed by atoms with van der Waals surface area (Å²) in [6.07, 6.45) is -1.16. The molecule has 2 nitrogen and oxygen atoms in total. The number of alkyl halides is 3. The lowest BCUT2D eigenvalue weighted by atomic mass is 9.72. The van der Waals surface area contributed by atoms with E-state index in [1.165, 1.54) is 12.1 Å². The molecule has 0 bridgehead atoms. The summed E-state index contributed by atoms with van der Waals surface area (Å²) in [4.78, 5) is 0. The summed E-state index contributed by atoms with van der Waals surface area (Å²) in [7, 11) is 0. The minimum absolute atomic E-state index is 0.0456. The molecule has 1 aliphatic carbocycles. The number of aliphatic hydroxyl groups is 1. The van der Waals surface area contributed by atoms with E-state index in [4.69, 9.17) is 4.74 Å². The van der Waals surface area contributed by atoms with Crippen LogP contribution in [-0.2, 0) is 6.18 Å². The van der Waals surface area contributed by atoms with Gasteiger partial charge in [-0.2, -0.15) is 13.2 Å². The van der Waals surface area contributed by atoms with Crippen LogP contribution in [0.25, 0.3) is 10.8 Å². The summed E-state index contributed by atoms with van der Waals surface area (Å²) in [5.41, 5.74) is 0.340. The predicted octanol–water partition coefficient (Wildman–Crippen LogP) is 6.94. The van der Waals surface area contributed by atoms with E-state index in [0.29, 0.717) is 11.3 Å². The monoisotopic (exact) mass is 408 g/mol. The van der Waals surface area contributed by atoms with Gasteiger partial charge >= 0.3 is 6.18 Å². The van der Waals surface area contributed by atoms with E-state index in [0.717, 1.165) is 31.2 Å². The molecule has 0 amide bonds. The predicted molar refractivity (Wildman–Crippen MR) is 110 cm³/mol. The molecular weight excluding hydrogens is 377 g/mol. The Hall–Kier alpha value is -1.75. The third kappa shape index (κ3) is 4.88. The molecule has 5 heteroatoms. The zero-order chi connectivity index (χ0) is 21.4. The van der Waals surface area contributed by atoms with Gasteiger partial charge in [0.1, 0.15) is 11.3 Å². The van der Waals surface area contributed by atoms with Crippen molar-refractivity contribution in [3.63, 3.8) is 0 Å². The van der Waals surface area contributed by atoms with E-state index in [1.807, 2.05) is 6.92 Å². The second-order valence-corrected chi connectivity index (χ2v) is 9.46. The van der Waals surface area contributed by atoms with Crippen molar-refractivity contribution in [2.24, 2.45) is 11.3 Å². The highest BCUT2D eigenvalue weighted by molar-refractivity contribution is 5.89. The number of hydrogen-bond acceptors (Lipinski definition) is 2. The van der Waals surface area contributed by atoms with Crippen LogP contribution >= 0.6 is 0 Å². The molecule has 1 fully saturated rings. The van der Waals surface area contributed by atoms with Crippen molar-refractivity contribution in [1.29, 1.82) is 0 Å². The maximum Gasteiger partial charge on any atom is 0.420 e. The molecule has 1 saturated carbocycles. The number of hydrogen-bond donors (Lipinski definition) is 1. The van der Waals surface area contributed by atoms with Crippen LogP contribution in [0.1, 0.15) is 70.4 Å². The van der Waals surface area contributed by atoms with Crippen LogP contribution in [0.5, 0.6) is 5.75 Å². The second-order valence-electron chi connectivity index (χ2n) is 9.46. The molecule has 0 heterocycles. The smallest absolute Gasteiger partial charge is 0.420 e. The van der Waals surface area contributed by atoms with E-state index < -0.39 is 11.7 Å². The standard InChI is InChI=1S/C24H31F3O2/c1-15(14-28)16-5-11-20-17(13-16)6-12-21(22(20)24(25,26)27)29-19-9-7-18(8-10-19)23(2,3)4/h5-6,11-13,15,18-19,28H,7-10,14H2,1-4H3/t15?,18-,19-. The molecule has 1 N–H and O–H groups in total. The van der Waals surface area contributed by atoms with Crippen LogP contribution < -0.4 is 4.74 Å². The van der Waals surface area contributed by atoms with Gasteiger partial charge in [0.05, 0.1) is 6.10 Å². The maximum atomic E-state index is 14.0. The Kier molecular flexibility index (Phi) is 6.19. The first-order valence-electron chi connectivity index (χ1n) is 10.4. The third-order valence-electron chi connectivity index (χ3n) is 6.32. The Morgan fingerprint density at radius 3 is 2.24 bits per heavy atom. The summed E-state index contributed by atoms with van der Waals surface area (Å²) in [5.74, 6) is 0.378. The number of benzene rings is 2. The maximum absolute atomic E-state index is 14.0. The van der Waals surface area contributed by atoms with E-state index >= 15 is 0 Å². The molecule has 1 aliphatic rings. The van der Waals surface area contributed by atoms with Crippen LogP contribution in [0.15, 0.2) is 30.3 Å². The highest BCUT2D eigenvalue weighted by Crippen LogP contribution is 2.44. The van der Waals surface area contributed by atoms with Crippen molar-refractivity contribution in [3.8, 4) is 5.75 Å². The number of halogens is 3. The normalized spacial score (nSPS) is 21.9. The zero-order valence-corrected chi connectivity index (χ0v) is 17.6. The average Bonchev–Trinajstić information content (AvgIpc) is 2.65. The van der Waals surface area contributed by atoms with Gasteiger partial charge in [0.2, 0.25) is 0 Å². The number of rotatable bonds is 4. The molecule has 3 rings (SSSR count). The third-order valence-corrected chi connectivity index (χ3v) is 6.32. The second kappa shape index (κ2) is 8.17. The van der Waals surface area contributed by atoms with Gasteiger partial charge in [-0.05, 0) is 59.4 Å². The average molecular weight is 409 g/mol. The molecule has 29 heavy (non-hydrogen) atoms. The van der Waals surface area contributed by atoms with Gasteiger partial charge in [0.25, 0.3) is 0 Å². The Morgan fingerprint density at radius 2 is 1.69 bits per heavy atom. The first-order valence-corrected chi connectivity index (χ1v) is 10.4. The number of ether oxygens (including phenoxy) is 1. The van der Waals surface area contributed by atoms with Crippen molar-refractivity contribution in [1.82, 2.24) is 0 Å². The molecule has 0 aliphatic heterocycles. The SMILES string of the molecule is CC(CO)c1ccc2c(C(F)(F)F)c(O[C@H]3CC[C@H](C(C)(C)C)CC3)ccc2c1. The first kappa shape index (κ1) is 21.9. The summed E-state index contributed by atoms with van der Waals surface area (Å²) in [5, 5.41) is 10.00. The minimum Gasteiger partial charge on any atom is -0.490 e. The Bertz CT molecular complexity index is 844. The van der Waals surface area contributed by atoms with Crippen LogP contribution in [0.2, 0.25) is 0 Å². The Morgan fingerprint density at radius 1 is 1.03 bits per heavy atom. The molecular formula is C24H31F3O2. The van der Waals surface area contributed by atoms with E-state index in [-0.39, 0.29) is 35.2 Å². The van der Waals surface area contributed by atoms with Gasteiger partial charge in [0.15, 0.2) is 0 Å². The minimum atomic E-state index is -4.50. The molecule has 2 aromatic carbocycles. The van der Waals surface area contributed by atoms with Crippen molar-refractivity contribution < 1.29 is 23.0 Å². The van der Waals surface area contributed by atoms with Gasteiger partial charge in [-0.1, -0.05) is 52.0 Å². The van der Waals surface area contributed by atoms with Gasteiger partial charge in [-0.3, -0.25) is 0 Å². The Balaban J connectivity index is 1.90.